The van der Waals surface area contributed by atoms with Gasteiger partial charge >= 0.3 is 5.03 Å². The van der Waals surface area contributed by atoms with Crippen molar-refractivity contribution in [2.45, 2.75) is 13.8 Å². The summed E-state index contributed by atoms with van der Waals surface area (Å²) in [6, 6.07) is 0. The van der Waals surface area contributed by atoms with Gasteiger partial charge in [0.15, 0.2) is 0 Å². The minimum Gasteiger partial charge on any atom is -0.258 e. The molecule has 0 N–H and O–H groups in total. The Morgan fingerprint density at radius 3 is 2.18 bits per heavy atom. The number of hydrogen-bond acceptors (Lipinski definition) is 4. The van der Waals surface area contributed by atoms with Gasteiger partial charge in [-0.1, -0.05) is 6.92 Å². The summed E-state index contributed by atoms with van der Waals surface area (Å²) in [5.41, 5.74) is 0. The highest BCUT2D eigenvalue weighted by molar-refractivity contribution is 7.94. The van der Waals surface area contributed by atoms with Gasteiger partial charge in [-0.2, -0.15) is 0 Å². The van der Waals surface area contributed by atoms with E-state index in [4.69, 9.17) is 0 Å². The van der Waals surface area contributed by atoms with Crippen molar-refractivity contribution in [2.75, 3.05) is 5.75 Å². The molecule has 0 amide bonds. The first-order valence-electron chi connectivity index (χ1n) is 2.99. The van der Waals surface area contributed by atoms with E-state index in [2.05, 4.69) is 0 Å². The van der Waals surface area contributed by atoms with Crippen molar-refractivity contribution in [3.05, 3.63) is 21.2 Å². The molecule has 0 saturated carbocycles. The number of rotatable bonds is 3. The second-order valence-corrected chi connectivity index (χ2v) is 4.01. The summed E-state index contributed by atoms with van der Waals surface area (Å²) in [4.78, 5) is 9.20. The Morgan fingerprint density at radius 1 is 1.64 bits per heavy atom. The highest BCUT2D eigenvalue weighted by Gasteiger charge is 2.25. The van der Waals surface area contributed by atoms with Crippen molar-refractivity contribution in [2.24, 2.45) is 0 Å². The second kappa shape index (κ2) is 3.47. The van der Waals surface area contributed by atoms with Crippen molar-refractivity contribution in [1.82, 2.24) is 0 Å². The summed E-state index contributed by atoms with van der Waals surface area (Å²) >= 11 is 0. The Bertz CT molecular complexity index is 277. The Hall–Kier alpha value is -0.910. The molecule has 5 nitrogen and oxygen atoms in total. The molecule has 0 aliphatic heterocycles. The van der Waals surface area contributed by atoms with Crippen LogP contribution in [-0.2, 0) is 9.84 Å². The number of nitrogens with zero attached hydrogens (tertiary/aromatic N) is 1. The third-order valence-corrected chi connectivity index (χ3v) is 2.91. The lowest BCUT2D eigenvalue weighted by Crippen LogP contribution is -2.13. The normalized spacial score (nSPS) is 13.1. The van der Waals surface area contributed by atoms with Crippen LogP contribution in [0.5, 0.6) is 0 Å². The van der Waals surface area contributed by atoms with Crippen LogP contribution in [0.4, 0.5) is 0 Å². The summed E-state index contributed by atoms with van der Waals surface area (Å²) in [7, 11) is -3.65. The third kappa shape index (κ3) is 2.30. The molecule has 0 fully saturated rings. The zero-order valence-electron chi connectivity index (χ0n) is 6.27. The molecule has 0 unspecified atom stereocenters. The lowest BCUT2D eigenvalue weighted by Gasteiger charge is -1.95. The number of sulfone groups is 1. The Kier molecular flexibility index (Phi) is 3.18. The van der Waals surface area contributed by atoms with Crippen molar-refractivity contribution in [3.8, 4) is 0 Å². The van der Waals surface area contributed by atoms with Crippen LogP contribution in [0, 0.1) is 10.1 Å². The van der Waals surface area contributed by atoms with E-state index in [-0.39, 0.29) is 5.75 Å². The summed E-state index contributed by atoms with van der Waals surface area (Å²) in [6.07, 6.45) is 0.985. The van der Waals surface area contributed by atoms with Crippen LogP contribution in [0.25, 0.3) is 0 Å². The van der Waals surface area contributed by atoms with E-state index < -0.39 is 19.8 Å². The van der Waals surface area contributed by atoms with Gasteiger partial charge in [0, 0.05) is 6.08 Å². The Balaban J connectivity index is 5.00. The van der Waals surface area contributed by atoms with E-state index in [1.54, 1.807) is 0 Å². The average molecular weight is 179 g/mol. The van der Waals surface area contributed by atoms with E-state index in [1.807, 2.05) is 0 Å². The van der Waals surface area contributed by atoms with Gasteiger partial charge in [0.05, 0.1) is 10.7 Å². The highest BCUT2D eigenvalue weighted by atomic mass is 32.2. The summed E-state index contributed by atoms with van der Waals surface area (Å²) in [5, 5.41) is 9.37. The molecular formula is C5H9NO4S. The van der Waals surface area contributed by atoms with E-state index in [0.717, 1.165) is 6.08 Å². The summed E-state index contributed by atoms with van der Waals surface area (Å²) < 4.78 is 21.7. The van der Waals surface area contributed by atoms with Gasteiger partial charge in [0.2, 0.25) is 9.84 Å². The molecule has 0 aromatic heterocycles. The molecule has 6 heteroatoms. The van der Waals surface area contributed by atoms with Gasteiger partial charge in [0.1, 0.15) is 0 Å². The maximum absolute atomic E-state index is 10.9. The number of allylic oxidation sites excluding steroid dienone is 1. The molecule has 0 aromatic rings. The number of nitro groups is 1. The molecule has 0 atom stereocenters. The standard InChI is InChI=1S/C5H9NO4S/c1-3-5(6(7)8)11(9,10)4-2/h3H,4H2,1-2H3/b5-3+. The SMILES string of the molecule is C/C=C(\[N+](=O)[O-])S(=O)(=O)CC. The molecule has 0 heterocycles. The van der Waals surface area contributed by atoms with Gasteiger partial charge in [-0.25, -0.2) is 8.42 Å². The van der Waals surface area contributed by atoms with Crippen molar-refractivity contribution in [1.29, 1.82) is 0 Å². The van der Waals surface area contributed by atoms with Gasteiger partial charge in [-0.3, -0.25) is 10.1 Å². The van der Waals surface area contributed by atoms with E-state index >= 15 is 0 Å². The van der Waals surface area contributed by atoms with E-state index in [1.165, 1.54) is 13.8 Å². The third-order valence-electron chi connectivity index (χ3n) is 1.13. The minimum absolute atomic E-state index is 0.242. The lowest BCUT2D eigenvalue weighted by molar-refractivity contribution is -0.411. The quantitative estimate of drug-likeness (QED) is 0.468. The molecule has 0 bridgehead atoms. The molecule has 0 spiro atoms. The largest absolute Gasteiger partial charge is 0.354 e. The van der Waals surface area contributed by atoms with Crippen LogP contribution in [0.3, 0.4) is 0 Å². The zero-order chi connectivity index (χ0) is 9.07. The van der Waals surface area contributed by atoms with Gasteiger partial charge in [-0.05, 0) is 6.92 Å². The average Bonchev–Trinajstić information content (AvgIpc) is 1.88. The molecule has 0 aliphatic rings. The molecular weight excluding hydrogens is 170 g/mol. The molecule has 0 aliphatic carbocycles. The van der Waals surface area contributed by atoms with Crippen molar-refractivity contribution < 1.29 is 13.3 Å². The monoisotopic (exact) mass is 179 g/mol. The van der Waals surface area contributed by atoms with Crippen LogP contribution < -0.4 is 0 Å². The first-order valence-corrected chi connectivity index (χ1v) is 4.64. The lowest BCUT2D eigenvalue weighted by atomic mass is 10.7. The first kappa shape index (κ1) is 10.1. The van der Waals surface area contributed by atoms with Crippen LogP contribution >= 0.6 is 0 Å². The smallest absolute Gasteiger partial charge is 0.258 e. The maximum atomic E-state index is 10.9. The topological polar surface area (TPSA) is 77.3 Å². The van der Waals surface area contributed by atoms with Crippen LogP contribution in [-0.4, -0.2) is 19.1 Å². The van der Waals surface area contributed by atoms with Crippen LogP contribution in [0.2, 0.25) is 0 Å². The fraction of sp³-hybridized carbons (Fsp3) is 0.600. The number of hydrogen-bond donors (Lipinski definition) is 0. The first-order chi connectivity index (χ1) is 4.95. The summed E-state index contributed by atoms with van der Waals surface area (Å²) in [5.74, 6) is -0.242. The van der Waals surface area contributed by atoms with Gasteiger partial charge in [0.25, 0.3) is 0 Å². The molecule has 11 heavy (non-hydrogen) atoms. The zero-order valence-corrected chi connectivity index (χ0v) is 7.09. The predicted molar refractivity (Wildman–Crippen MR) is 40.2 cm³/mol. The molecule has 64 valence electrons. The van der Waals surface area contributed by atoms with Crippen molar-refractivity contribution >= 4 is 9.84 Å². The van der Waals surface area contributed by atoms with Gasteiger partial charge in [-0.15, -0.1) is 0 Å². The fourth-order valence-electron chi connectivity index (χ4n) is 0.546. The molecule has 0 saturated heterocycles. The maximum Gasteiger partial charge on any atom is 0.354 e. The molecule has 0 aromatic carbocycles. The van der Waals surface area contributed by atoms with E-state index in [9.17, 15) is 18.5 Å². The minimum atomic E-state index is -3.65. The van der Waals surface area contributed by atoms with E-state index in [0.29, 0.717) is 0 Å². The highest BCUT2D eigenvalue weighted by Crippen LogP contribution is 2.06. The Morgan fingerprint density at radius 2 is 2.09 bits per heavy atom. The summed E-state index contributed by atoms with van der Waals surface area (Å²) in [6.45, 7) is 2.69. The van der Waals surface area contributed by atoms with Gasteiger partial charge < -0.3 is 0 Å². The van der Waals surface area contributed by atoms with Crippen LogP contribution in [0.15, 0.2) is 11.1 Å². The predicted octanol–water partition coefficient (Wildman–Crippen LogP) is 0.559. The molecule has 0 radical (unpaired) electrons. The van der Waals surface area contributed by atoms with Crippen molar-refractivity contribution in [3.63, 3.8) is 0 Å². The molecule has 0 rings (SSSR count). The van der Waals surface area contributed by atoms with Crippen LogP contribution in [0.1, 0.15) is 13.8 Å². The second-order valence-electron chi connectivity index (χ2n) is 1.79. The fourth-order valence-corrected chi connectivity index (χ4v) is 1.43. The Labute approximate surface area is 64.8 Å².